The van der Waals surface area contributed by atoms with Crippen LogP contribution in [0.5, 0.6) is 0 Å². The van der Waals surface area contributed by atoms with Gasteiger partial charge in [-0.2, -0.15) is 5.26 Å². The van der Waals surface area contributed by atoms with Crippen molar-refractivity contribution in [3.63, 3.8) is 0 Å². The molecule has 1 aromatic rings. The van der Waals surface area contributed by atoms with Crippen LogP contribution in [0.4, 0.5) is 5.69 Å². The van der Waals surface area contributed by atoms with E-state index in [-0.39, 0.29) is 11.8 Å². The maximum Gasteiger partial charge on any atom is 0.226 e. The highest BCUT2D eigenvalue weighted by atomic mass is 16.1. The molecular weight excluding hydrogens is 204 g/mol. The summed E-state index contributed by atoms with van der Waals surface area (Å²) >= 11 is 0. The number of rotatable bonds is 3. The minimum Gasteiger partial charge on any atom is -0.324 e. The minimum atomic E-state index is -0.217. The summed E-state index contributed by atoms with van der Waals surface area (Å²) in [5.41, 5.74) is 0.894. The number of aldehydes is 1. The molecule has 0 aliphatic heterocycles. The average molecular weight is 216 g/mol. The lowest BCUT2D eigenvalue weighted by molar-refractivity contribution is -0.118. The van der Waals surface area contributed by atoms with Crippen molar-refractivity contribution in [3.05, 3.63) is 29.3 Å². The first kappa shape index (κ1) is 11.9. The second-order valence-corrected chi connectivity index (χ2v) is 3.64. The maximum absolute atomic E-state index is 11.5. The monoisotopic (exact) mass is 216 g/mol. The van der Waals surface area contributed by atoms with Crippen LogP contribution in [0.3, 0.4) is 0 Å². The fourth-order valence-electron chi connectivity index (χ4n) is 1.17. The molecule has 1 N–H and O–H groups in total. The SMILES string of the molecule is CC(C)C(=O)Nc1c(C#N)cccc1C=O. The molecule has 0 unspecified atom stereocenters. The average Bonchev–Trinajstić information content (AvgIpc) is 2.29. The number of amides is 1. The van der Waals surface area contributed by atoms with Crippen LogP contribution >= 0.6 is 0 Å². The summed E-state index contributed by atoms with van der Waals surface area (Å²) in [7, 11) is 0. The Hall–Kier alpha value is -2.15. The molecule has 0 aromatic heterocycles. The molecule has 1 amide bonds. The number of anilines is 1. The summed E-state index contributed by atoms with van der Waals surface area (Å²) in [5.74, 6) is -0.419. The van der Waals surface area contributed by atoms with Crippen molar-refractivity contribution in [2.24, 2.45) is 5.92 Å². The Morgan fingerprint density at radius 3 is 2.69 bits per heavy atom. The molecule has 1 rings (SSSR count). The van der Waals surface area contributed by atoms with Gasteiger partial charge in [-0.3, -0.25) is 9.59 Å². The summed E-state index contributed by atoms with van der Waals surface area (Å²) < 4.78 is 0. The van der Waals surface area contributed by atoms with Crippen LogP contribution < -0.4 is 5.32 Å². The van der Waals surface area contributed by atoms with Crippen molar-refractivity contribution in [1.82, 2.24) is 0 Å². The van der Waals surface area contributed by atoms with E-state index in [0.717, 1.165) is 0 Å². The molecule has 0 heterocycles. The number of nitrogens with zero attached hydrogens (tertiary/aromatic N) is 1. The van der Waals surface area contributed by atoms with E-state index in [0.29, 0.717) is 23.1 Å². The molecule has 0 fully saturated rings. The van der Waals surface area contributed by atoms with Gasteiger partial charge in [-0.15, -0.1) is 0 Å². The van der Waals surface area contributed by atoms with Gasteiger partial charge in [0.25, 0.3) is 0 Å². The summed E-state index contributed by atoms with van der Waals surface area (Å²) in [6.45, 7) is 3.48. The van der Waals surface area contributed by atoms with Crippen LogP contribution in [0.1, 0.15) is 29.8 Å². The molecule has 0 atom stereocenters. The van der Waals surface area contributed by atoms with Crippen molar-refractivity contribution < 1.29 is 9.59 Å². The highest BCUT2D eigenvalue weighted by Crippen LogP contribution is 2.19. The fraction of sp³-hybridized carbons (Fsp3) is 0.250. The predicted molar refractivity (Wildman–Crippen MR) is 60.0 cm³/mol. The third-order valence-corrected chi connectivity index (χ3v) is 2.12. The van der Waals surface area contributed by atoms with Gasteiger partial charge in [-0.25, -0.2) is 0 Å². The van der Waals surface area contributed by atoms with Gasteiger partial charge in [0, 0.05) is 11.5 Å². The van der Waals surface area contributed by atoms with E-state index in [1.807, 2.05) is 6.07 Å². The Kier molecular flexibility index (Phi) is 3.78. The lowest BCUT2D eigenvalue weighted by atomic mass is 10.1. The van der Waals surface area contributed by atoms with Crippen molar-refractivity contribution in [3.8, 4) is 6.07 Å². The van der Waals surface area contributed by atoms with Crippen LogP contribution in [-0.4, -0.2) is 12.2 Å². The lowest BCUT2D eigenvalue weighted by Crippen LogP contribution is -2.19. The highest BCUT2D eigenvalue weighted by molar-refractivity contribution is 5.98. The zero-order chi connectivity index (χ0) is 12.1. The normalized spacial score (nSPS) is 9.62. The van der Waals surface area contributed by atoms with Gasteiger partial charge in [0.05, 0.1) is 11.3 Å². The highest BCUT2D eigenvalue weighted by Gasteiger charge is 2.13. The van der Waals surface area contributed by atoms with E-state index < -0.39 is 0 Å². The number of benzene rings is 1. The summed E-state index contributed by atoms with van der Waals surface area (Å²) in [6.07, 6.45) is 0.622. The zero-order valence-corrected chi connectivity index (χ0v) is 9.15. The zero-order valence-electron chi connectivity index (χ0n) is 9.15. The van der Waals surface area contributed by atoms with Gasteiger partial charge in [0.2, 0.25) is 5.91 Å². The standard InChI is InChI=1S/C12H12N2O2/c1-8(2)12(16)14-11-9(6-13)4-3-5-10(11)7-15/h3-5,7-8H,1-2H3,(H,14,16). The minimum absolute atomic E-state index is 0.203. The van der Waals surface area contributed by atoms with E-state index in [2.05, 4.69) is 5.32 Å². The molecule has 16 heavy (non-hydrogen) atoms. The predicted octanol–water partition coefficient (Wildman–Crippen LogP) is 1.97. The molecule has 0 spiro atoms. The summed E-state index contributed by atoms with van der Waals surface area (Å²) in [4.78, 5) is 22.3. The molecular formula is C12H12N2O2. The van der Waals surface area contributed by atoms with Crippen molar-refractivity contribution in [2.75, 3.05) is 5.32 Å². The van der Waals surface area contributed by atoms with E-state index in [1.165, 1.54) is 0 Å². The topological polar surface area (TPSA) is 70.0 Å². The number of carbonyl (C=O) groups is 2. The Balaban J connectivity index is 3.15. The Morgan fingerprint density at radius 1 is 1.50 bits per heavy atom. The van der Waals surface area contributed by atoms with Crippen molar-refractivity contribution >= 4 is 17.9 Å². The van der Waals surface area contributed by atoms with Gasteiger partial charge in [0.15, 0.2) is 6.29 Å². The number of carbonyl (C=O) groups excluding carboxylic acids is 2. The molecule has 0 saturated carbocycles. The first-order valence-corrected chi connectivity index (χ1v) is 4.89. The van der Waals surface area contributed by atoms with Gasteiger partial charge in [-0.05, 0) is 12.1 Å². The molecule has 0 radical (unpaired) electrons. The Labute approximate surface area is 93.9 Å². The molecule has 0 aliphatic rings. The quantitative estimate of drug-likeness (QED) is 0.785. The maximum atomic E-state index is 11.5. The van der Waals surface area contributed by atoms with Crippen molar-refractivity contribution in [1.29, 1.82) is 5.26 Å². The molecule has 82 valence electrons. The summed E-state index contributed by atoms with van der Waals surface area (Å²) in [6, 6.07) is 6.66. The number of para-hydroxylation sites is 1. The van der Waals surface area contributed by atoms with Crippen LogP contribution in [-0.2, 0) is 4.79 Å². The van der Waals surface area contributed by atoms with Gasteiger partial charge in [0.1, 0.15) is 6.07 Å². The first-order valence-electron chi connectivity index (χ1n) is 4.89. The molecule has 0 aliphatic carbocycles. The largest absolute Gasteiger partial charge is 0.324 e. The molecule has 0 saturated heterocycles. The Morgan fingerprint density at radius 2 is 2.19 bits per heavy atom. The van der Waals surface area contributed by atoms with Crippen LogP contribution in [0.25, 0.3) is 0 Å². The second kappa shape index (κ2) is 5.08. The van der Waals surface area contributed by atoms with Crippen LogP contribution in [0.2, 0.25) is 0 Å². The Bertz CT molecular complexity index is 459. The van der Waals surface area contributed by atoms with E-state index >= 15 is 0 Å². The van der Waals surface area contributed by atoms with Crippen molar-refractivity contribution in [2.45, 2.75) is 13.8 Å². The van der Waals surface area contributed by atoms with Crippen LogP contribution in [0.15, 0.2) is 18.2 Å². The first-order chi connectivity index (χ1) is 7.60. The molecule has 4 heteroatoms. The van der Waals surface area contributed by atoms with Gasteiger partial charge in [-0.1, -0.05) is 19.9 Å². The van der Waals surface area contributed by atoms with Gasteiger partial charge >= 0.3 is 0 Å². The number of nitrogens with one attached hydrogen (secondary N) is 1. The van der Waals surface area contributed by atoms with E-state index in [4.69, 9.17) is 5.26 Å². The molecule has 4 nitrogen and oxygen atoms in total. The van der Waals surface area contributed by atoms with E-state index in [9.17, 15) is 9.59 Å². The second-order valence-electron chi connectivity index (χ2n) is 3.64. The fourth-order valence-corrected chi connectivity index (χ4v) is 1.17. The number of hydrogen-bond donors (Lipinski definition) is 1. The number of hydrogen-bond acceptors (Lipinski definition) is 3. The van der Waals surface area contributed by atoms with Gasteiger partial charge < -0.3 is 5.32 Å². The molecule has 0 bridgehead atoms. The third-order valence-electron chi connectivity index (χ3n) is 2.12. The van der Waals surface area contributed by atoms with Crippen LogP contribution in [0, 0.1) is 17.2 Å². The third kappa shape index (κ3) is 2.45. The smallest absolute Gasteiger partial charge is 0.226 e. The lowest BCUT2D eigenvalue weighted by Gasteiger charge is -2.10. The summed E-state index contributed by atoms with van der Waals surface area (Å²) in [5, 5.41) is 11.5. The van der Waals surface area contributed by atoms with E-state index in [1.54, 1.807) is 32.0 Å². The molecule has 1 aromatic carbocycles. The number of nitriles is 1.